The highest BCUT2D eigenvalue weighted by molar-refractivity contribution is 7.80. The number of anilines is 2. The molecule has 2 rings (SSSR count). The molecule has 0 amide bonds. The van der Waals surface area contributed by atoms with Crippen molar-refractivity contribution < 1.29 is 13.2 Å². The normalized spacial score (nSPS) is 10.2. The molecule has 0 saturated heterocycles. The number of benzene rings is 2. The number of nitrogens with one attached hydrogen (secondary N) is 2. The Morgan fingerprint density at radius 3 is 1.95 bits per heavy atom. The van der Waals surface area contributed by atoms with Crippen LogP contribution in [0.1, 0.15) is 5.56 Å². The van der Waals surface area contributed by atoms with Crippen molar-refractivity contribution in [2.75, 3.05) is 10.6 Å². The first-order valence-corrected chi connectivity index (χ1v) is 6.16. The van der Waals surface area contributed by atoms with Crippen LogP contribution in [-0.4, -0.2) is 5.11 Å². The molecule has 0 fully saturated rings. The molecule has 0 aliphatic carbocycles. The Kier molecular flexibility index (Phi) is 4.24. The zero-order chi connectivity index (χ0) is 14.7. The van der Waals surface area contributed by atoms with Crippen molar-refractivity contribution in [3.63, 3.8) is 0 Å². The summed E-state index contributed by atoms with van der Waals surface area (Å²) in [6.45, 7) is 1.65. The van der Waals surface area contributed by atoms with Crippen LogP contribution in [0.25, 0.3) is 0 Å². The maximum atomic E-state index is 13.4. The fourth-order valence-corrected chi connectivity index (χ4v) is 1.77. The Morgan fingerprint density at radius 2 is 1.40 bits per heavy atom. The smallest absolute Gasteiger partial charge is 0.175 e. The Bertz CT molecular complexity index is 603. The van der Waals surface area contributed by atoms with Gasteiger partial charge in [-0.15, -0.1) is 0 Å². The van der Waals surface area contributed by atoms with E-state index < -0.39 is 11.6 Å². The molecule has 2 N–H and O–H groups in total. The van der Waals surface area contributed by atoms with Crippen molar-refractivity contribution >= 4 is 28.7 Å². The fourth-order valence-electron chi connectivity index (χ4n) is 1.54. The Hall–Kier alpha value is -2.08. The summed E-state index contributed by atoms with van der Waals surface area (Å²) in [4.78, 5) is 0. The molecule has 0 bridgehead atoms. The van der Waals surface area contributed by atoms with Gasteiger partial charge < -0.3 is 10.6 Å². The molecule has 2 aromatic rings. The molecular weight excluding hydrogens is 285 g/mol. The molecule has 104 valence electrons. The van der Waals surface area contributed by atoms with Crippen LogP contribution in [0.15, 0.2) is 36.4 Å². The summed E-state index contributed by atoms with van der Waals surface area (Å²) >= 11 is 5.01. The first kappa shape index (κ1) is 14.3. The van der Waals surface area contributed by atoms with E-state index in [1.807, 2.05) is 0 Å². The average molecular weight is 296 g/mol. The van der Waals surface area contributed by atoms with Gasteiger partial charge in [0.25, 0.3) is 0 Å². The lowest BCUT2D eigenvalue weighted by atomic mass is 10.2. The maximum Gasteiger partial charge on any atom is 0.175 e. The van der Waals surface area contributed by atoms with Crippen molar-refractivity contribution in [1.29, 1.82) is 0 Å². The zero-order valence-corrected chi connectivity index (χ0v) is 11.3. The van der Waals surface area contributed by atoms with Gasteiger partial charge in [-0.05, 0) is 49.0 Å². The van der Waals surface area contributed by atoms with Crippen LogP contribution in [0.2, 0.25) is 0 Å². The van der Waals surface area contributed by atoms with Crippen LogP contribution in [0.3, 0.4) is 0 Å². The number of thiocarbonyl (C=S) groups is 1. The monoisotopic (exact) mass is 296 g/mol. The molecule has 0 heterocycles. The third-order valence-electron chi connectivity index (χ3n) is 2.61. The van der Waals surface area contributed by atoms with Gasteiger partial charge in [-0.25, -0.2) is 13.2 Å². The van der Waals surface area contributed by atoms with E-state index in [2.05, 4.69) is 10.6 Å². The van der Waals surface area contributed by atoms with Gasteiger partial charge in [0.15, 0.2) is 16.7 Å². The van der Waals surface area contributed by atoms with E-state index in [4.69, 9.17) is 12.2 Å². The van der Waals surface area contributed by atoms with E-state index in [9.17, 15) is 13.2 Å². The van der Waals surface area contributed by atoms with Crippen molar-refractivity contribution in [2.24, 2.45) is 0 Å². The highest BCUT2D eigenvalue weighted by Crippen LogP contribution is 2.16. The summed E-state index contributed by atoms with van der Waals surface area (Å²) in [5.74, 6) is -2.26. The quantitative estimate of drug-likeness (QED) is 0.811. The number of hydrogen-bond acceptors (Lipinski definition) is 1. The van der Waals surface area contributed by atoms with Crippen molar-refractivity contribution in [1.82, 2.24) is 0 Å². The molecule has 0 aliphatic rings. The van der Waals surface area contributed by atoms with Gasteiger partial charge >= 0.3 is 0 Å². The van der Waals surface area contributed by atoms with Crippen LogP contribution in [0.4, 0.5) is 24.5 Å². The van der Waals surface area contributed by atoms with Crippen LogP contribution < -0.4 is 10.6 Å². The first-order chi connectivity index (χ1) is 9.45. The third kappa shape index (κ3) is 3.48. The van der Waals surface area contributed by atoms with Crippen LogP contribution in [0, 0.1) is 24.4 Å². The topological polar surface area (TPSA) is 24.1 Å². The Labute approximate surface area is 119 Å². The highest BCUT2D eigenvalue weighted by Gasteiger charge is 2.05. The Balaban J connectivity index is 2.04. The molecule has 2 nitrogen and oxygen atoms in total. The largest absolute Gasteiger partial charge is 0.332 e. The van der Waals surface area contributed by atoms with Crippen molar-refractivity contribution in [3.05, 3.63) is 59.4 Å². The zero-order valence-electron chi connectivity index (χ0n) is 10.5. The van der Waals surface area contributed by atoms with Gasteiger partial charge in [0.1, 0.15) is 5.82 Å². The number of halogens is 3. The summed E-state index contributed by atoms with van der Waals surface area (Å²) in [7, 11) is 0. The molecule has 0 atom stereocenters. The molecule has 0 saturated carbocycles. The Morgan fingerprint density at radius 1 is 0.850 bits per heavy atom. The summed E-state index contributed by atoms with van der Waals surface area (Å²) in [5, 5.41) is 5.59. The van der Waals surface area contributed by atoms with E-state index in [-0.39, 0.29) is 10.9 Å². The lowest BCUT2D eigenvalue weighted by Gasteiger charge is -2.11. The van der Waals surface area contributed by atoms with E-state index in [0.29, 0.717) is 16.9 Å². The highest BCUT2D eigenvalue weighted by atomic mass is 32.1. The second kappa shape index (κ2) is 5.92. The summed E-state index contributed by atoms with van der Waals surface area (Å²) in [5.41, 5.74) is 1.29. The van der Waals surface area contributed by atoms with Crippen LogP contribution >= 0.6 is 12.2 Å². The minimum atomic E-state index is -0.973. The van der Waals surface area contributed by atoms with Gasteiger partial charge in [-0.1, -0.05) is 6.07 Å². The van der Waals surface area contributed by atoms with E-state index >= 15 is 0 Å². The minimum absolute atomic E-state index is 0.152. The number of rotatable bonds is 2. The predicted molar refractivity (Wildman–Crippen MR) is 77.3 cm³/mol. The molecule has 6 heteroatoms. The molecule has 20 heavy (non-hydrogen) atoms. The second-order valence-corrected chi connectivity index (χ2v) is 4.58. The maximum absolute atomic E-state index is 13.4. The van der Waals surface area contributed by atoms with E-state index in [1.165, 1.54) is 12.1 Å². The lowest BCUT2D eigenvalue weighted by Crippen LogP contribution is -2.19. The molecule has 0 aromatic heterocycles. The standard InChI is InChI=1S/C14H11F3N2S/c1-8-2-3-9(6-12(8)16)18-14(20)19-10-4-5-11(15)13(17)7-10/h2-7H,1H3,(H2,18,19,20). The average Bonchev–Trinajstić information content (AvgIpc) is 2.38. The van der Waals surface area contributed by atoms with Gasteiger partial charge in [0.05, 0.1) is 0 Å². The molecule has 2 aromatic carbocycles. The third-order valence-corrected chi connectivity index (χ3v) is 2.81. The van der Waals surface area contributed by atoms with Crippen LogP contribution in [-0.2, 0) is 0 Å². The molecule has 0 unspecified atom stereocenters. The van der Waals surface area contributed by atoms with E-state index in [1.54, 1.807) is 19.1 Å². The predicted octanol–water partition coefficient (Wildman–Crippen LogP) is 4.22. The van der Waals surface area contributed by atoms with E-state index in [0.717, 1.165) is 12.1 Å². The fraction of sp³-hybridized carbons (Fsp3) is 0.0714. The molecular formula is C14H11F3N2S. The molecule has 0 radical (unpaired) electrons. The number of aryl methyl sites for hydroxylation is 1. The molecule has 0 spiro atoms. The van der Waals surface area contributed by atoms with Crippen molar-refractivity contribution in [2.45, 2.75) is 6.92 Å². The number of hydrogen-bond donors (Lipinski definition) is 2. The summed E-state index contributed by atoms with van der Waals surface area (Å²) in [6.07, 6.45) is 0. The van der Waals surface area contributed by atoms with Gasteiger partial charge in [-0.2, -0.15) is 0 Å². The summed E-state index contributed by atoms with van der Waals surface area (Å²) < 4.78 is 39.2. The lowest BCUT2D eigenvalue weighted by molar-refractivity contribution is 0.509. The van der Waals surface area contributed by atoms with Gasteiger partial charge in [0.2, 0.25) is 0 Å². The van der Waals surface area contributed by atoms with Gasteiger partial charge in [-0.3, -0.25) is 0 Å². The molecule has 0 aliphatic heterocycles. The van der Waals surface area contributed by atoms with Crippen LogP contribution in [0.5, 0.6) is 0 Å². The first-order valence-electron chi connectivity index (χ1n) is 5.75. The summed E-state index contributed by atoms with van der Waals surface area (Å²) in [6, 6.07) is 7.90. The SMILES string of the molecule is Cc1ccc(NC(=S)Nc2ccc(F)c(F)c2)cc1F. The van der Waals surface area contributed by atoms with Crippen molar-refractivity contribution in [3.8, 4) is 0 Å². The second-order valence-electron chi connectivity index (χ2n) is 4.17. The van der Waals surface area contributed by atoms with Gasteiger partial charge in [0, 0.05) is 17.4 Å². The minimum Gasteiger partial charge on any atom is -0.332 e.